The highest BCUT2D eigenvalue weighted by molar-refractivity contribution is 7.11. The van der Waals surface area contributed by atoms with E-state index >= 15 is 0 Å². The average Bonchev–Trinajstić information content (AvgIpc) is 3.16. The highest BCUT2D eigenvalue weighted by Crippen LogP contribution is 2.34. The molecular formula is C17H22F3N5O2S. The van der Waals surface area contributed by atoms with E-state index in [-0.39, 0.29) is 22.4 Å². The molecule has 0 radical (unpaired) electrons. The fourth-order valence-corrected chi connectivity index (χ4v) is 5.10. The van der Waals surface area contributed by atoms with Crippen LogP contribution in [0.4, 0.5) is 18.0 Å². The smallest absolute Gasteiger partial charge is 0.347 e. The maximum Gasteiger partial charge on any atom is 0.434 e. The van der Waals surface area contributed by atoms with Gasteiger partial charge in [-0.1, -0.05) is 0 Å². The highest BCUT2D eigenvalue weighted by atomic mass is 32.1. The topological polar surface area (TPSA) is 68.8 Å². The SMILES string of the molecule is Cc1sc(CN2CCN(C(=O)N3CC4(CCC(=O)N4)C3)CC2)nc1C(F)(F)F. The zero-order chi connectivity index (χ0) is 20.1. The third-order valence-corrected chi connectivity index (χ3v) is 6.56. The molecule has 154 valence electrons. The molecule has 0 aromatic carbocycles. The summed E-state index contributed by atoms with van der Waals surface area (Å²) in [5.41, 5.74) is -1.03. The van der Waals surface area contributed by atoms with Crippen LogP contribution in [0, 0.1) is 6.92 Å². The molecule has 3 aliphatic rings. The van der Waals surface area contributed by atoms with Crippen molar-refractivity contribution in [1.29, 1.82) is 0 Å². The van der Waals surface area contributed by atoms with Gasteiger partial charge in [0.05, 0.1) is 12.1 Å². The first-order valence-corrected chi connectivity index (χ1v) is 10.1. The van der Waals surface area contributed by atoms with Gasteiger partial charge in [0.1, 0.15) is 5.01 Å². The van der Waals surface area contributed by atoms with Gasteiger partial charge in [0.2, 0.25) is 5.91 Å². The fourth-order valence-electron chi connectivity index (χ4n) is 4.10. The van der Waals surface area contributed by atoms with E-state index in [0.29, 0.717) is 57.2 Å². The number of amides is 3. The van der Waals surface area contributed by atoms with Gasteiger partial charge in [0.15, 0.2) is 5.69 Å². The summed E-state index contributed by atoms with van der Waals surface area (Å²) < 4.78 is 38.7. The predicted molar refractivity (Wildman–Crippen MR) is 95.8 cm³/mol. The lowest BCUT2D eigenvalue weighted by Crippen LogP contribution is -2.70. The predicted octanol–water partition coefficient (Wildman–Crippen LogP) is 1.67. The number of alkyl halides is 3. The summed E-state index contributed by atoms with van der Waals surface area (Å²) in [6.07, 6.45) is -3.12. The van der Waals surface area contributed by atoms with Crippen molar-refractivity contribution in [2.45, 2.75) is 38.0 Å². The zero-order valence-electron chi connectivity index (χ0n) is 15.5. The maximum atomic E-state index is 12.9. The van der Waals surface area contributed by atoms with Crippen molar-refractivity contribution in [3.63, 3.8) is 0 Å². The molecule has 3 amide bonds. The van der Waals surface area contributed by atoms with E-state index in [0.717, 1.165) is 17.8 Å². The number of thiazole rings is 1. The maximum absolute atomic E-state index is 12.9. The first kappa shape index (κ1) is 19.4. The molecule has 3 fully saturated rings. The molecule has 0 bridgehead atoms. The van der Waals surface area contributed by atoms with Gasteiger partial charge in [0, 0.05) is 50.6 Å². The Morgan fingerprint density at radius 3 is 2.43 bits per heavy atom. The van der Waals surface area contributed by atoms with Crippen LogP contribution in [0.25, 0.3) is 0 Å². The van der Waals surface area contributed by atoms with E-state index in [9.17, 15) is 22.8 Å². The van der Waals surface area contributed by atoms with Crippen molar-refractivity contribution in [2.24, 2.45) is 0 Å². The Bertz CT molecular complexity index is 782. The van der Waals surface area contributed by atoms with Crippen molar-refractivity contribution in [1.82, 2.24) is 25.0 Å². The van der Waals surface area contributed by atoms with Crippen molar-refractivity contribution < 1.29 is 22.8 Å². The lowest BCUT2D eigenvalue weighted by Gasteiger charge is -2.49. The van der Waals surface area contributed by atoms with Gasteiger partial charge in [-0.3, -0.25) is 9.69 Å². The van der Waals surface area contributed by atoms with Gasteiger partial charge in [-0.25, -0.2) is 9.78 Å². The second-order valence-corrected chi connectivity index (χ2v) is 9.03. The molecule has 4 rings (SSSR count). The van der Waals surface area contributed by atoms with Gasteiger partial charge >= 0.3 is 12.2 Å². The number of carbonyl (C=O) groups excluding carboxylic acids is 2. The van der Waals surface area contributed by atoms with E-state index in [4.69, 9.17) is 0 Å². The Balaban J connectivity index is 1.26. The molecule has 1 N–H and O–H groups in total. The molecule has 1 spiro atoms. The number of nitrogens with one attached hydrogen (secondary N) is 1. The molecular weight excluding hydrogens is 395 g/mol. The summed E-state index contributed by atoms with van der Waals surface area (Å²) in [5.74, 6) is 0.0480. The Hall–Kier alpha value is -1.88. The van der Waals surface area contributed by atoms with Crippen molar-refractivity contribution in [3.8, 4) is 0 Å². The normalized spacial score (nSPS) is 22.5. The Morgan fingerprint density at radius 1 is 1.21 bits per heavy atom. The molecule has 0 saturated carbocycles. The third-order valence-electron chi connectivity index (χ3n) is 5.60. The Kier molecular flexibility index (Phi) is 4.77. The lowest BCUT2D eigenvalue weighted by atomic mass is 9.88. The molecule has 28 heavy (non-hydrogen) atoms. The summed E-state index contributed by atoms with van der Waals surface area (Å²) in [5, 5.41) is 3.41. The first-order valence-electron chi connectivity index (χ1n) is 9.26. The van der Waals surface area contributed by atoms with Crippen LogP contribution in [0.1, 0.15) is 28.4 Å². The number of urea groups is 1. The number of carbonyl (C=O) groups is 2. The minimum absolute atomic E-state index is 0.0316. The number of aryl methyl sites for hydroxylation is 1. The molecule has 1 aromatic rings. The summed E-state index contributed by atoms with van der Waals surface area (Å²) >= 11 is 1.07. The van der Waals surface area contributed by atoms with Crippen molar-refractivity contribution in [3.05, 3.63) is 15.6 Å². The molecule has 1 aromatic heterocycles. The number of likely N-dealkylation sites (tertiary alicyclic amines) is 1. The summed E-state index contributed by atoms with van der Waals surface area (Å²) in [4.78, 5) is 33.5. The quantitative estimate of drug-likeness (QED) is 0.795. The molecule has 7 nitrogen and oxygen atoms in total. The van der Waals surface area contributed by atoms with Crippen LogP contribution in [0.15, 0.2) is 0 Å². The number of hydrogen-bond donors (Lipinski definition) is 1. The summed E-state index contributed by atoms with van der Waals surface area (Å²) in [6.45, 7) is 5.17. The van der Waals surface area contributed by atoms with Crippen molar-refractivity contribution in [2.75, 3.05) is 39.3 Å². The Labute approximate surface area is 164 Å². The van der Waals surface area contributed by atoms with Gasteiger partial charge in [0.25, 0.3) is 0 Å². The van der Waals surface area contributed by atoms with E-state index < -0.39 is 11.9 Å². The minimum Gasteiger partial charge on any atom is -0.347 e. The van der Waals surface area contributed by atoms with E-state index in [2.05, 4.69) is 10.3 Å². The second kappa shape index (κ2) is 6.87. The van der Waals surface area contributed by atoms with Crippen LogP contribution in [-0.2, 0) is 17.5 Å². The molecule has 11 heteroatoms. The number of halogens is 3. The summed E-state index contributed by atoms with van der Waals surface area (Å²) in [7, 11) is 0. The highest BCUT2D eigenvalue weighted by Gasteiger charge is 2.50. The fraction of sp³-hybridized carbons (Fsp3) is 0.706. The van der Waals surface area contributed by atoms with Gasteiger partial charge in [-0.15, -0.1) is 11.3 Å². The third kappa shape index (κ3) is 3.69. The Morgan fingerprint density at radius 2 is 1.89 bits per heavy atom. The molecule has 0 atom stereocenters. The van der Waals surface area contributed by atoms with Crippen LogP contribution in [0.3, 0.4) is 0 Å². The van der Waals surface area contributed by atoms with Crippen molar-refractivity contribution >= 4 is 23.3 Å². The van der Waals surface area contributed by atoms with E-state index in [1.54, 1.807) is 9.80 Å². The first-order chi connectivity index (χ1) is 13.2. The lowest BCUT2D eigenvalue weighted by molar-refractivity contribution is -0.141. The van der Waals surface area contributed by atoms with E-state index in [1.165, 1.54) is 6.92 Å². The van der Waals surface area contributed by atoms with Crippen LogP contribution in [0.2, 0.25) is 0 Å². The van der Waals surface area contributed by atoms with Gasteiger partial charge in [-0.2, -0.15) is 13.2 Å². The average molecular weight is 417 g/mol. The number of piperazine rings is 1. The summed E-state index contributed by atoms with van der Waals surface area (Å²) in [6, 6.07) is -0.0316. The second-order valence-electron chi connectivity index (χ2n) is 7.74. The number of nitrogens with zero attached hydrogens (tertiary/aromatic N) is 4. The van der Waals surface area contributed by atoms with Crippen LogP contribution in [-0.4, -0.2) is 76.4 Å². The monoisotopic (exact) mass is 417 g/mol. The zero-order valence-corrected chi connectivity index (χ0v) is 16.3. The molecule has 3 saturated heterocycles. The molecule has 0 unspecified atom stereocenters. The largest absolute Gasteiger partial charge is 0.434 e. The van der Waals surface area contributed by atoms with Gasteiger partial charge in [-0.05, 0) is 13.3 Å². The minimum atomic E-state index is -4.42. The standard InChI is InChI=1S/C17H22F3N5O2S/c1-11-14(17(18,19)20)21-13(28-11)8-23-4-6-24(7-5-23)15(27)25-9-16(10-25)3-2-12(26)22-16/h2-10H2,1H3,(H,22,26). The number of aromatic nitrogens is 1. The number of hydrogen-bond acceptors (Lipinski definition) is 5. The molecule has 4 heterocycles. The van der Waals surface area contributed by atoms with Crippen LogP contribution < -0.4 is 5.32 Å². The van der Waals surface area contributed by atoms with E-state index in [1.807, 2.05) is 4.90 Å². The van der Waals surface area contributed by atoms with Crippen LogP contribution >= 0.6 is 11.3 Å². The van der Waals surface area contributed by atoms with Gasteiger partial charge < -0.3 is 15.1 Å². The molecule has 0 aliphatic carbocycles. The van der Waals surface area contributed by atoms with Crippen LogP contribution in [0.5, 0.6) is 0 Å². The number of rotatable bonds is 2. The molecule has 3 aliphatic heterocycles.